The molecule has 0 aliphatic heterocycles. The smallest absolute Gasteiger partial charge is 0.376 e. The molecule has 0 aliphatic carbocycles. The fourth-order valence-electron chi connectivity index (χ4n) is 2.76. The van der Waals surface area contributed by atoms with Gasteiger partial charge in [-0.2, -0.15) is 0 Å². The van der Waals surface area contributed by atoms with Crippen molar-refractivity contribution in [1.29, 1.82) is 0 Å². The van der Waals surface area contributed by atoms with Gasteiger partial charge >= 0.3 is 5.97 Å². The van der Waals surface area contributed by atoms with E-state index in [-0.39, 0.29) is 18.9 Å². The van der Waals surface area contributed by atoms with E-state index in [9.17, 15) is 4.79 Å². The summed E-state index contributed by atoms with van der Waals surface area (Å²) in [4.78, 5) is 26.9. The second-order valence-corrected chi connectivity index (χ2v) is 7.05. The molecule has 0 bridgehead atoms. The molecule has 0 aromatic heterocycles. The van der Waals surface area contributed by atoms with Gasteiger partial charge in [-0.15, -0.1) is 0 Å². The molecule has 0 fully saturated rings. The molecule has 0 aliphatic rings. The van der Waals surface area contributed by atoms with Crippen molar-refractivity contribution in [3.63, 3.8) is 0 Å². The molecule has 0 amide bonds. The molecule has 0 saturated carbocycles. The Morgan fingerprint density at radius 2 is 1.45 bits per heavy atom. The van der Waals surface area contributed by atoms with Crippen LogP contribution < -0.4 is 15.1 Å². The van der Waals surface area contributed by atoms with E-state index in [0.717, 1.165) is 33.8 Å². The molecule has 33 heavy (non-hydrogen) atoms. The highest BCUT2D eigenvalue weighted by Crippen LogP contribution is 2.21. The second-order valence-electron chi connectivity index (χ2n) is 7.05. The van der Waals surface area contributed by atoms with Crippen molar-refractivity contribution in [3.8, 4) is 11.5 Å². The molecule has 0 saturated heterocycles. The van der Waals surface area contributed by atoms with E-state index < -0.39 is 5.97 Å². The van der Waals surface area contributed by atoms with E-state index in [1.165, 1.54) is 6.92 Å². The number of ether oxygens (including phenoxy) is 2. The molecule has 1 N–H and O–H groups in total. The molecule has 8 nitrogen and oxygen atoms in total. The first-order valence-corrected chi connectivity index (χ1v) is 10.3. The number of aryl methyl sites for hydroxylation is 2. The van der Waals surface area contributed by atoms with Crippen molar-refractivity contribution in [2.24, 2.45) is 5.16 Å². The van der Waals surface area contributed by atoms with Crippen molar-refractivity contribution in [1.82, 2.24) is 5.64 Å². The van der Waals surface area contributed by atoms with Crippen LogP contribution >= 0.6 is 0 Å². The molecule has 2 aromatic carbocycles. The van der Waals surface area contributed by atoms with Crippen molar-refractivity contribution < 1.29 is 28.8 Å². The molecule has 0 spiro atoms. The number of methoxy groups -OCH3 is 2. The summed E-state index contributed by atoms with van der Waals surface area (Å²) in [6.07, 6.45) is 7.26. The van der Waals surface area contributed by atoms with Crippen LogP contribution in [0.3, 0.4) is 0 Å². The number of benzene rings is 2. The normalized spacial score (nSPS) is 11.7. The number of carbonyl (C=O) groups excluding carboxylic acids is 1. The topological polar surface area (TPSA) is 87.6 Å². The average molecular weight is 455 g/mol. The standard InChI is InChI=1S/C25H30N2O6/c1-18-10-12-23(29-4)21(16-18)8-6-14-31-26-20(3)25(28)33-27-32-15-7-9-22-17-19(2)11-13-24(22)30-5/h6-13,16-17,27H,14-15H2,1-5H3/b8-6+,9-7+,26-20?. The van der Waals surface area contributed by atoms with Crippen molar-refractivity contribution in [2.75, 3.05) is 27.4 Å². The summed E-state index contributed by atoms with van der Waals surface area (Å²) in [5.74, 6) is 0.804. The van der Waals surface area contributed by atoms with Crippen LogP contribution in [0.2, 0.25) is 0 Å². The van der Waals surface area contributed by atoms with Gasteiger partial charge in [0, 0.05) is 11.1 Å². The summed E-state index contributed by atoms with van der Waals surface area (Å²) in [6, 6.07) is 11.7. The summed E-state index contributed by atoms with van der Waals surface area (Å²) in [6.45, 7) is 5.83. The maximum atomic E-state index is 11.9. The number of nitrogens with zero attached hydrogens (tertiary/aromatic N) is 1. The quantitative estimate of drug-likeness (QED) is 0.289. The first kappa shape index (κ1) is 25.6. The van der Waals surface area contributed by atoms with E-state index in [1.54, 1.807) is 26.4 Å². The number of rotatable bonds is 12. The Balaban J connectivity index is 1.70. The lowest BCUT2D eigenvalue weighted by atomic mass is 10.1. The maximum Gasteiger partial charge on any atom is 0.376 e. The molecule has 2 rings (SSSR count). The Bertz CT molecular complexity index is 1010. The lowest BCUT2D eigenvalue weighted by Crippen LogP contribution is -2.25. The third kappa shape index (κ3) is 8.80. The fourth-order valence-corrected chi connectivity index (χ4v) is 2.76. The van der Waals surface area contributed by atoms with E-state index >= 15 is 0 Å². The summed E-state index contributed by atoms with van der Waals surface area (Å²) in [5.41, 5.74) is 6.26. The Morgan fingerprint density at radius 1 is 0.909 bits per heavy atom. The van der Waals surface area contributed by atoms with Gasteiger partial charge < -0.3 is 19.1 Å². The van der Waals surface area contributed by atoms with Gasteiger partial charge in [0.15, 0.2) is 5.71 Å². The predicted octanol–water partition coefficient (Wildman–Crippen LogP) is 4.42. The van der Waals surface area contributed by atoms with Crippen molar-refractivity contribution in [3.05, 3.63) is 70.8 Å². The first-order chi connectivity index (χ1) is 15.9. The second kappa shape index (κ2) is 13.7. The number of hydrogen-bond acceptors (Lipinski definition) is 8. The average Bonchev–Trinajstić information content (AvgIpc) is 2.81. The van der Waals surface area contributed by atoms with Crippen LogP contribution in [0.25, 0.3) is 12.2 Å². The largest absolute Gasteiger partial charge is 0.496 e. The van der Waals surface area contributed by atoms with Gasteiger partial charge in [-0.05, 0) is 56.8 Å². The van der Waals surface area contributed by atoms with Crippen LogP contribution in [0.4, 0.5) is 0 Å². The Kier molecular flexibility index (Phi) is 10.7. The van der Waals surface area contributed by atoms with Crippen LogP contribution in [0.1, 0.15) is 29.2 Å². The zero-order chi connectivity index (χ0) is 24.1. The molecular formula is C25H30N2O6. The van der Waals surface area contributed by atoms with Gasteiger partial charge in [0.25, 0.3) is 0 Å². The Labute approximate surface area is 194 Å². The SMILES string of the molecule is COc1ccc(C)cc1/C=C/CON=C(C)C(=O)ONOC/C=C/c1cc(C)ccc1OC. The maximum absolute atomic E-state index is 11.9. The number of hydrogen-bond donors (Lipinski definition) is 1. The highest BCUT2D eigenvalue weighted by Gasteiger charge is 2.08. The van der Waals surface area contributed by atoms with Crippen molar-refractivity contribution >= 4 is 23.8 Å². The van der Waals surface area contributed by atoms with Crippen LogP contribution in [-0.4, -0.2) is 39.1 Å². The Hall–Kier alpha value is -3.62. The highest BCUT2D eigenvalue weighted by atomic mass is 16.9. The van der Waals surface area contributed by atoms with Gasteiger partial charge in [-0.1, -0.05) is 46.6 Å². The van der Waals surface area contributed by atoms with E-state index in [1.807, 2.05) is 62.4 Å². The highest BCUT2D eigenvalue weighted by molar-refractivity contribution is 6.35. The summed E-state index contributed by atoms with van der Waals surface area (Å²) >= 11 is 0. The zero-order valence-corrected chi connectivity index (χ0v) is 19.6. The minimum absolute atomic E-state index is 0.0349. The molecule has 2 aromatic rings. The molecule has 176 valence electrons. The predicted molar refractivity (Wildman–Crippen MR) is 128 cm³/mol. The zero-order valence-electron chi connectivity index (χ0n) is 19.6. The number of carbonyl (C=O) groups is 1. The van der Waals surface area contributed by atoms with Crippen LogP contribution in [0.15, 0.2) is 53.7 Å². The first-order valence-electron chi connectivity index (χ1n) is 10.3. The Morgan fingerprint density at radius 3 is 2.00 bits per heavy atom. The van der Waals surface area contributed by atoms with Gasteiger partial charge in [-0.3, -0.25) is 4.84 Å². The molecule has 0 heterocycles. The van der Waals surface area contributed by atoms with Gasteiger partial charge in [0.05, 0.1) is 20.8 Å². The minimum atomic E-state index is -0.719. The molecule has 0 unspecified atom stereocenters. The van der Waals surface area contributed by atoms with Crippen LogP contribution in [0, 0.1) is 13.8 Å². The molecule has 8 heteroatoms. The van der Waals surface area contributed by atoms with E-state index in [2.05, 4.69) is 10.8 Å². The van der Waals surface area contributed by atoms with Gasteiger partial charge in [-0.25, -0.2) is 4.79 Å². The van der Waals surface area contributed by atoms with E-state index in [0.29, 0.717) is 0 Å². The molecule has 0 atom stereocenters. The summed E-state index contributed by atoms with van der Waals surface area (Å²) < 4.78 is 10.6. The van der Waals surface area contributed by atoms with Gasteiger partial charge in [0.1, 0.15) is 18.1 Å². The molecular weight excluding hydrogens is 424 g/mol. The number of oxime groups is 1. The minimum Gasteiger partial charge on any atom is -0.496 e. The number of nitrogens with one attached hydrogen (secondary N) is 1. The third-order valence-corrected chi connectivity index (χ3v) is 4.41. The van der Waals surface area contributed by atoms with Gasteiger partial charge in [0.2, 0.25) is 0 Å². The van der Waals surface area contributed by atoms with Crippen LogP contribution in [0.5, 0.6) is 11.5 Å². The fraction of sp³-hybridized carbons (Fsp3) is 0.280. The summed E-state index contributed by atoms with van der Waals surface area (Å²) in [5, 5.41) is 3.73. The summed E-state index contributed by atoms with van der Waals surface area (Å²) in [7, 11) is 3.23. The monoisotopic (exact) mass is 454 g/mol. The van der Waals surface area contributed by atoms with Crippen molar-refractivity contribution in [2.45, 2.75) is 20.8 Å². The molecule has 0 radical (unpaired) electrons. The van der Waals surface area contributed by atoms with E-state index in [4.69, 9.17) is 24.0 Å². The van der Waals surface area contributed by atoms with Crippen LogP contribution in [-0.2, 0) is 19.3 Å². The lowest BCUT2D eigenvalue weighted by molar-refractivity contribution is -0.180. The lowest BCUT2D eigenvalue weighted by Gasteiger charge is -2.06. The third-order valence-electron chi connectivity index (χ3n) is 4.41.